The number of ether oxygens (including phenoxy) is 2. The van der Waals surface area contributed by atoms with Crippen LogP contribution in [0.25, 0.3) is 0 Å². The van der Waals surface area contributed by atoms with Crippen LogP contribution in [0.15, 0.2) is 30.3 Å². The van der Waals surface area contributed by atoms with E-state index in [1.54, 1.807) is 31.4 Å². The van der Waals surface area contributed by atoms with Crippen molar-refractivity contribution in [3.05, 3.63) is 58.4 Å². The fourth-order valence-corrected chi connectivity index (χ4v) is 2.83. The van der Waals surface area contributed by atoms with E-state index in [1.165, 1.54) is 0 Å². The summed E-state index contributed by atoms with van der Waals surface area (Å²) in [5.74, 6) is -1.35. The zero-order valence-corrected chi connectivity index (χ0v) is 16.7. The van der Waals surface area contributed by atoms with E-state index in [4.69, 9.17) is 9.47 Å². The number of aryl methyl sites for hydroxylation is 2. The first-order valence-corrected chi connectivity index (χ1v) is 9.14. The Hall–Kier alpha value is -3.09. The summed E-state index contributed by atoms with van der Waals surface area (Å²) in [4.78, 5) is 36.0. The second-order valence-corrected chi connectivity index (χ2v) is 6.46. The molecule has 2 rings (SSSR count). The highest BCUT2D eigenvalue weighted by molar-refractivity contribution is 5.91. The molecule has 28 heavy (non-hydrogen) atoms. The molecule has 0 fully saturated rings. The Morgan fingerprint density at radius 3 is 2.46 bits per heavy atom. The summed E-state index contributed by atoms with van der Waals surface area (Å²) in [6.07, 6.45) is 0. The van der Waals surface area contributed by atoms with Gasteiger partial charge < -0.3 is 19.4 Å². The molecule has 0 aliphatic carbocycles. The maximum absolute atomic E-state index is 12.1. The van der Waals surface area contributed by atoms with Gasteiger partial charge in [-0.3, -0.25) is 9.59 Å². The van der Waals surface area contributed by atoms with Gasteiger partial charge in [-0.1, -0.05) is 24.3 Å². The van der Waals surface area contributed by atoms with Gasteiger partial charge in [0.05, 0.1) is 12.2 Å². The van der Waals surface area contributed by atoms with Crippen molar-refractivity contribution in [3.63, 3.8) is 0 Å². The normalized spacial score (nSPS) is 10.4. The predicted molar refractivity (Wildman–Crippen MR) is 104 cm³/mol. The van der Waals surface area contributed by atoms with Gasteiger partial charge in [0, 0.05) is 17.9 Å². The fraction of sp³-hybridized carbons (Fsp3) is 0.381. The summed E-state index contributed by atoms with van der Waals surface area (Å²) in [5, 5.41) is 2.73. The highest BCUT2D eigenvalue weighted by Crippen LogP contribution is 2.16. The van der Waals surface area contributed by atoms with Crippen molar-refractivity contribution < 1.29 is 23.9 Å². The van der Waals surface area contributed by atoms with Crippen LogP contribution in [0.1, 0.15) is 39.8 Å². The number of carbonyl (C=O) groups is 3. The Bertz CT molecular complexity index is 870. The van der Waals surface area contributed by atoms with Crippen molar-refractivity contribution >= 4 is 17.8 Å². The first kappa shape index (κ1) is 21.2. The molecule has 1 amide bonds. The average molecular weight is 386 g/mol. The van der Waals surface area contributed by atoms with E-state index in [2.05, 4.69) is 5.32 Å². The summed E-state index contributed by atoms with van der Waals surface area (Å²) in [6.45, 7) is 7.45. The van der Waals surface area contributed by atoms with Crippen LogP contribution in [-0.2, 0) is 32.2 Å². The lowest BCUT2D eigenvalue weighted by Gasteiger charge is -2.11. The maximum Gasteiger partial charge on any atom is 0.339 e. The van der Waals surface area contributed by atoms with E-state index in [0.29, 0.717) is 17.8 Å². The van der Waals surface area contributed by atoms with E-state index in [9.17, 15) is 14.4 Å². The third-order valence-corrected chi connectivity index (χ3v) is 4.46. The van der Waals surface area contributed by atoms with Gasteiger partial charge in [-0.25, -0.2) is 4.79 Å². The number of carbonyl (C=O) groups excluding carboxylic acids is 3. The molecule has 0 unspecified atom stereocenters. The summed E-state index contributed by atoms with van der Waals surface area (Å²) in [6, 6.07) is 9.41. The molecule has 1 aromatic carbocycles. The fourth-order valence-electron chi connectivity index (χ4n) is 2.83. The van der Waals surface area contributed by atoms with E-state index in [-0.39, 0.29) is 25.7 Å². The van der Waals surface area contributed by atoms with Crippen LogP contribution in [-0.4, -0.2) is 35.6 Å². The lowest BCUT2D eigenvalue weighted by atomic mass is 10.1. The molecule has 2 aromatic rings. The molecule has 0 bridgehead atoms. The van der Waals surface area contributed by atoms with Crippen molar-refractivity contribution in [1.82, 2.24) is 9.88 Å². The molecule has 0 spiro atoms. The maximum atomic E-state index is 12.1. The molecule has 0 radical (unpaired) electrons. The van der Waals surface area contributed by atoms with Crippen molar-refractivity contribution in [2.75, 3.05) is 13.2 Å². The van der Waals surface area contributed by atoms with E-state index in [0.717, 1.165) is 16.8 Å². The standard InChI is InChI=1S/C21H26N2O5/c1-5-27-21(26)18-10-15(3)23(16(18)4)12-20(25)28-13-19(24)22-11-17-9-7-6-8-14(17)2/h6-10H,5,11-13H2,1-4H3,(H,22,24). The monoisotopic (exact) mass is 386 g/mol. The summed E-state index contributed by atoms with van der Waals surface area (Å²) >= 11 is 0. The number of benzene rings is 1. The molecular weight excluding hydrogens is 360 g/mol. The van der Waals surface area contributed by atoms with Gasteiger partial charge in [-0.05, 0) is 44.9 Å². The zero-order valence-electron chi connectivity index (χ0n) is 16.7. The van der Waals surface area contributed by atoms with Gasteiger partial charge in [0.1, 0.15) is 6.54 Å². The van der Waals surface area contributed by atoms with Gasteiger partial charge >= 0.3 is 11.9 Å². The van der Waals surface area contributed by atoms with Gasteiger partial charge in [-0.15, -0.1) is 0 Å². The Kier molecular flexibility index (Phi) is 7.37. The topological polar surface area (TPSA) is 86.6 Å². The first-order chi connectivity index (χ1) is 13.3. The lowest BCUT2D eigenvalue weighted by Crippen LogP contribution is -2.29. The molecule has 7 nitrogen and oxygen atoms in total. The summed E-state index contributed by atoms with van der Waals surface area (Å²) in [7, 11) is 0. The second-order valence-electron chi connectivity index (χ2n) is 6.46. The third kappa shape index (κ3) is 5.45. The largest absolute Gasteiger partial charge is 0.462 e. The van der Waals surface area contributed by atoms with Crippen molar-refractivity contribution in [3.8, 4) is 0 Å². The van der Waals surface area contributed by atoms with E-state index >= 15 is 0 Å². The number of nitrogens with zero attached hydrogens (tertiary/aromatic N) is 1. The quantitative estimate of drug-likeness (QED) is 0.704. The number of hydrogen-bond acceptors (Lipinski definition) is 5. The minimum Gasteiger partial charge on any atom is -0.462 e. The van der Waals surface area contributed by atoms with Crippen LogP contribution < -0.4 is 5.32 Å². The van der Waals surface area contributed by atoms with E-state index in [1.807, 2.05) is 31.2 Å². The SMILES string of the molecule is CCOC(=O)c1cc(C)n(CC(=O)OCC(=O)NCc2ccccc2C)c1C. The molecule has 1 aromatic heterocycles. The van der Waals surface area contributed by atoms with Crippen molar-refractivity contribution in [2.45, 2.75) is 40.8 Å². The van der Waals surface area contributed by atoms with Crippen LogP contribution in [0.3, 0.4) is 0 Å². The van der Waals surface area contributed by atoms with Crippen LogP contribution in [0.4, 0.5) is 0 Å². The smallest absolute Gasteiger partial charge is 0.339 e. The molecule has 7 heteroatoms. The Balaban J connectivity index is 1.86. The highest BCUT2D eigenvalue weighted by Gasteiger charge is 2.19. The molecular formula is C21H26N2O5. The van der Waals surface area contributed by atoms with Crippen LogP contribution >= 0.6 is 0 Å². The van der Waals surface area contributed by atoms with E-state index < -0.39 is 11.9 Å². The minimum atomic E-state index is -0.553. The molecule has 1 heterocycles. The van der Waals surface area contributed by atoms with Crippen molar-refractivity contribution in [1.29, 1.82) is 0 Å². The highest BCUT2D eigenvalue weighted by atomic mass is 16.5. The minimum absolute atomic E-state index is 0.0812. The first-order valence-electron chi connectivity index (χ1n) is 9.14. The van der Waals surface area contributed by atoms with Crippen LogP contribution in [0.5, 0.6) is 0 Å². The molecule has 0 saturated heterocycles. The molecule has 1 N–H and O–H groups in total. The number of amides is 1. The number of esters is 2. The Morgan fingerprint density at radius 1 is 1.07 bits per heavy atom. The average Bonchev–Trinajstić information content (AvgIpc) is 2.94. The Labute approximate surface area is 164 Å². The number of hydrogen-bond donors (Lipinski definition) is 1. The third-order valence-electron chi connectivity index (χ3n) is 4.46. The zero-order chi connectivity index (χ0) is 20.7. The second kappa shape index (κ2) is 9.73. The Morgan fingerprint density at radius 2 is 1.79 bits per heavy atom. The number of rotatable bonds is 8. The van der Waals surface area contributed by atoms with Crippen molar-refractivity contribution in [2.24, 2.45) is 0 Å². The molecule has 0 saturated carbocycles. The van der Waals surface area contributed by atoms with Gasteiger partial charge in [0.15, 0.2) is 6.61 Å². The van der Waals surface area contributed by atoms with Gasteiger partial charge in [0.2, 0.25) is 0 Å². The number of aromatic nitrogens is 1. The predicted octanol–water partition coefficient (Wildman–Crippen LogP) is 2.45. The van der Waals surface area contributed by atoms with Crippen LogP contribution in [0.2, 0.25) is 0 Å². The molecule has 0 aliphatic rings. The van der Waals surface area contributed by atoms with Gasteiger partial charge in [0.25, 0.3) is 5.91 Å². The summed E-state index contributed by atoms with van der Waals surface area (Å²) < 4.78 is 11.7. The molecule has 0 aliphatic heterocycles. The summed E-state index contributed by atoms with van der Waals surface area (Å²) in [5.41, 5.74) is 3.87. The lowest BCUT2D eigenvalue weighted by molar-refractivity contribution is -0.149. The van der Waals surface area contributed by atoms with Crippen LogP contribution in [0, 0.1) is 20.8 Å². The molecule has 0 atom stereocenters. The van der Waals surface area contributed by atoms with Gasteiger partial charge in [-0.2, -0.15) is 0 Å². The molecule has 150 valence electrons. The number of nitrogens with one attached hydrogen (secondary N) is 1.